The highest BCUT2D eigenvalue weighted by Crippen LogP contribution is 2.59. The van der Waals surface area contributed by atoms with Crippen molar-refractivity contribution < 1.29 is 0 Å². The van der Waals surface area contributed by atoms with Crippen LogP contribution in [0.15, 0.2) is 60.7 Å². The van der Waals surface area contributed by atoms with Crippen LogP contribution in [0.3, 0.4) is 0 Å². The summed E-state index contributed by atoms with van der Waals surface area (Å²) in [4.78, 5) is 0. The topological polar surface area (TPSA) is 0 Å². The summed E-state index contributed by atoms with van der Waals surface area (Å²) in [6.45, 7) is 13.8. The Bertz CT molecular complexity index is 1360. The summed E-state index contributed by atoms with van der Waals surface area (Å²) in [5, 5.41) is 4.72. The highest BCUT2D eigenvalue weighted by atomic mass is 31.2. The molecule has 0 radical (unpaired) electrons. The zero-order chi connectivity index (χ0) is 24.4. The van der Waals surface area contributed by atoms with Crippen LogP contribution in [0.2, 0.25) is 0 Å². The van der Waals surface area contributed by atoms with Gasteiger partial charge in [-0.25, -0.2) is 0 Å². The van der Waals surface area contributed by atoms with E-state index in [9.17, 15) is 0 Å². The predicted molar refractivity (Wildman–Crippen MR) is 163 cm³/mol. The molecule has 5 rings (SSSR count). The number of aryl methyl sites for hydroxylation is 6. The van der Waals surface area contributed by atoms with Crippen molar-refractivity contribution in [3.05, 3.63) is 94.0 Å². The summed E-state index contributed by atoms with van der Waals surface area (Å²) in [5.74, 6) is 0. The van der Waals surface area contributed by atoms with E-state index in [0.717, 1.165) is 0 Å². The van der Waals surface area contributed by atoms with Crippen molar-refractivity contribution in [2.24, 2.45) is 0 Å². The van der Waals surface area contributed by atoms with Crippen LogP contribution in [0.25, 0.3) is 22.3 Å². The molecule has 168 valence electrons. The molecule has 0 aliphatic heterocycles. The van der Waals surface area contributed by atoms with Crippen molar-refractivity contribution >= 4 is 51.0 Å². The molecule has 0 unspecified atom stereocenters. The van der Waals surface area contributed by atoms with Gasteiger partial charge in [0.2, 0.25) is 0 Å². The first-order chi connectivity index (χ1) is 16.2. The monoisotopic (exact) mass is 458 g/mol. The Hall–Kier alpha value is -2.50. The van der Waals surface area contributed by atoms with E-state index < -0.39 is 7.14 Å². The summed E-state index contributed by atoms with van der Waals surface area (Å²) in [6.07, 6.45) is 0. The normalized spacial score (nSPS) is 12.1. The summed E-state index contributed by atoms with van der Waals surface area (Å²) in [7, 11) is 2.34. The van der Waals surface area contributed by atoms with Crippen molar-refractivity contribution in [2.45, 2.75) is 41.5 Å². The zero-order valence-electron chi connectivity index (χ0n) is 20.9. The molecular formula is C30H34B3P. The van der Waals surface area contributed by atoms with E-state index in [1.807, 2.05) is 0 Å². The SMILES string of the molecule is B[P+](c1cccc2c1-c1c(B[BH3-])cccc1-2)(c1c(C)cc(C)cc1C)c1c(C)cc(C)cc1C. The van der Waals surface area contributed by atoms with Gasteiger partial charge in [-0.3, -0.25) is 0 Å². The summed E-state index contributed by atoms with van der Waals surface area (Å²) in [6, 6.07) is 23.7. The third kappa shape index (κ3) is 3.28. The molecule has 0 fully saturated rings. The minimum Gasteiger partial charge on any atom is -0.116 e. The smallest absolute Gasteiger partial charge is 0.116 e. The lowest BCUT2D eigenvalue weighted by molar-refractivity contribution is 1.34. The highest BCUT2D eigenvalue weighted by molar-refractivity contribution is 8.14. The lowest BCUT2D eigenvalue weighted by Crippen LogP contribution is -2.39. The molecule has 0 saturated carbocycles. The third-order valence-electron chi connectivity index (χ3n) is 7.38. The average Bonchev–Trinajstić information content (AvgIpc) is 2.74. The molecule has 0 saturated heterocycles. The molecule has 0 bridgehead atoms. The van der Waals surface area contributed by atoms with E-state index in [0.29, 0.717) is 7.74 Å². The first-order valence-corrected chi connectivity index (χ1v) is 14.0. The maximum Gasteiger partial charge on any atom is 0.324 e. The number of benzene rings is 4. The molecule has 4 heteroatoms. The van der Waals surface area contributed by atoms with Crippen molar-refractivity contribution in [2.75, 3.05) is 0 Å². The molecule has 0 heterocycles. The molecule has 0 atom stereocenters. The molecule has 1 aliphatic rings. The second-order valence-electron chi connectivity index (χ2n) is 10.0. The van der Waals surface area contributed by atoms with Gasteiger partial charge in [0.1, 0.15) is 0 Å². The second kappa shape index (κ2) is 8.32. The van der Waals surface area contributed by atoms with Crippen LogP contribution in [-0.2, 0) is 0 Å². The van der Waals surface area contributed by atoms with E-state index in [1.165, 1.54) is 51.7 Å². The maximum absolute atomic E-state index is 2.60. The summed E-state index contributed by atoms with van der Waals surface area (Å²) >= 11 is 0. The molecule has 0 amide bonds. The van der Waals surface area contributed by atoms with E-state index in [4.69, 9.17) is 0 Å². The number of fused-ring (bicyclic) bond motifs is 4. The Morgan fingerprint density at radius 2 is 1.09 bits per heavy atom. The first-order valence-electron chi connectivity index (χ1n) is 11.8. The Labute approximate surface area is 208 Å². The number of hydrogen-bond donors (Lipinski definition) is 0. The van der Waals surface area contributed by atoms with Crippen molar-refractivity contribution in [1.82, 2.24) is 0 Å². The number of hydrogen-bond acceptors (Lipinski definition) is 0. The fourth-order valence-corrected chi connectivity index (χ4v) is 11.4. The van der Waals surface area contributed by atoms with E-state index in [2.05, 4.69) is 110 Å². The van der Waals surface area contributed by atoms with Gasteiger partial charge in [-0.2, -0.15) is 0 Å². The Kier molecular flexibility index (Phi) is 5.69. The molecule has 1 aliphatic carbocycles. The van der Waals surface area contributed by atoms with Crippen LogP contribution in [-0.4, -0.2) is 22.5 Å². The third-order valence-corrected chi connectivity index (χ3v) is 11.9. The minimum absolute atomic E-state index is 0.312. The largest absolute Gasteiger partial charge is 0.324 e. The molecular weight excluding hydrogens is 424 g/mol. The fourth-order valence-electron chi connectivity index (χ4n) is 6.57. The maximum atomic E-state index is 2.60. The van der Waals surface area contributed by atoms with Crippen molar-refractivity contribution in [3.8, 4) is 22.3 Å². The molecule has 4 aromatic carbocycles. The van der Waals surface area contributed by atoms with E-state index in [-0.39, 0.29) is 0 Å². The second-order valence-corrected chi connectivity index (χ2v) is 13.4. The highest BCUT2D eigenvalue weighted by Gasteiger charge is 2.48. The van der Waals surface area contributed by atoms with Crippen LogP contribution in [0.5, 0.6) is 0 Å². The van der Waals surface area contributed by atoms with Crippen LogP contribution in [0.4, 0.5) is 0 Å². The van der Waals surface area contributed by atoms with Crippen molar-refractivity contribution in [3.63, 3.8) is 0 Å². The molecule has 0 spiro atoms. The lowest BCUT2D eigenvalue weighted by atomic mass is 9.48. The van der Waals surface area contributed by atoms with Crippen LogP contribution < -0.4 is 21.4 Å². The summed E-state index contributed by atoms with van der Waals surface area (Å²) < 4.78 is 0. The van der Waals surface area contributed by atoms with Gasteiger partial charge in [0.25, 0.3) is 0 Å². The van der Waals surface area contributed by atoms with Crippen molar-refractivity contribution in [1.29, 1.82) is 0 Å². The van der Waals surface area contributed by atoms with Gasteiger partial charge >= 0.3 is 7.57 Å². The molecule has 0 N–H and O–H groups in total. The van der Waals surface area contributed by atoms with Crippen LogP contribution in [0.1, 0.15) is 33.4 Å². The van der Waals surface area contributed by atoms with Crippen LogP contribution >= 0.6 is 7.14 Å². The Morgan fingerprint density at radius 1 is 0.647 bits per heavy atom. The zero-order valence-corrected chi connectivity index (χ0v) is 21.8. The standard InChI is InChI=1S/C30H34B3P/c1-17-13-19(3)29(20(4)14-17)34(32,30-21(5)15-18(2)16-22(30)6)26-12-8-10-24-23-9-7-11-25(33-31)27(23)28(24)26/h7-16,33H,32H2,1-6,31H3. The summed E-state index contributed by atoms with van der Waals surface area (Å²) in [5.41, 5.74) is 16.1. The van der Waals surface area contributed by atoms with Gasteiger partial charge in [0.05, 0.1) is 23.1 Å². The first kappa shape index (κ1) is 23.3. The van der Waals surface area contributed by atoms with Gasteiger partial charge in [-0.1, -0.05) is 73.5 Å². The van der Waals surface area contributed by atoms with Crippen LogP contribution in [0, 0.1) is 41.5 Å². The fraction of sp³-hybridized carbons (Fsp3) is 0.200. The van der Waals surface area contributed by atoms with Gasteiger partial charge in [-0.05, 0) is 93.7 Å². The Balaban J connectivity index is 1.92. The van der Waals surface area contributed by atoms with Gasteiger partial charge < -0.3 is 0 Å². The van der Waals surface area contributed by atoms with E-state index in [1.54, 1.807) is 32.5 Å². The average molecular weight is 458 g/mol. The predicted octanol–water partition coefficient (Wildman–Crippen LogP) is 3.37. The molecule has 0 nitrogen and oxygen atoms in total. The van der Waals surface area contributed by atoms with Gasteiger partial charge in [-0.15, -0.1) is 5.46 Å². The molecule has 34 heavy (non-hydrogen) atoms. The minimum atomic E-state index is -1.90. The lowest BCUT2D eigenvalue weighted by Gasteiger charge is -2.36. The van der Waals surface area contributed by atoms with Gasteiger partial charge in [0.15, 0.2) is 0 Å². The number of rotatable bonds is 4. The quantitative estimate of drug-likeness (QED) is 0.287. The van der Waals surface area contributed by atoms with Gasteiger partial charge in [0, 0.05) is 5.56 Å². The Morgan fingerprint density at radius 3 is 1.56 bits per heavy atom. The van der Waals surface area contributed by atoms with E-state index >= 15 is 0 Å². The molecule has 0 aromatic heterocycles. The molecule has 4 aromatic rings.